The molecule has 0 bridgehead atoms. The van der Waals surface area contributed by atoms with Gasteiger partial charge in [-0.25, -0.2) is 4.79 Å². The molecule has 0 radical (unpaired) electrons. The number of anilines is 1. The lowest BCUT2D eigenvalue weighted by atomic mass is 9.63. The van der Waals surface area contributed by atoms with E-state index >= 15 is 0 Å². The SMILES string of the molecule is CC1(C)CCC(C)(C)c2cc(C(N=O)C(=O)Nc3ccc(C(=O)O)c(O)c3)ccc21. The predicted molar refractivity (Wildman–Crippen MR) is 114 cm³/mol. The third-order valence-corrected chi connectivity index (χ3v) is 6.04. The number of hydrogen-bond donors (Lipinski definition) is 3. The number of aromatic carboxylic acids is 1. The van der Waals surface area contributed by atoms with Crippen LogP contribution in [0.25, 0.3) is 0 Å². The molecule has 1 atom stereocenters. The van der Waals surface area contributed by atoms with Gasteiger partial charge in [0.15, 0.2) is 6.04 Å². The molecule has 1 aliphatic carbocycles. The number of nitrogens with one attached hydrogen (secondary N) is 1. The average Bonchev–Trinajstić information content (AvgIpc) is 2.66. The van der Waals surface area contributed by atoms with Crippen molar-refractivity contribution in [1.82, 2.24) is 0 Å². The normalized spacial score (nSPS) is 17.5. The summed E-state index contributed by atoms with van der Waals surface area (Å²) >= 11 is 0. The summed E-state index contributed by atoms with van der Waals surface area (Å²) in [5.74, 6) is -2.41. The third-order valence-electron chi connectivity index (χ3n) is 6.04. The molecule has 1 aliphatic rings. The van der Waals surface area contributed by atoms with Crippen molar-refractivity contribution in [2.45, 2.75) is 57.4 Å². The van der Waals surface area contributed by atoms with Gasteiger partial charge in [-0.1, -0.05) is 51.1 Å². The van der Waals surface area contributed by atoms with E-state index in [0.29, 0.717) is 5.56 Å². The quantitative estimate of drug-likeness (QED) is 0.607. The van der Waals surface area contributed by atoms with Gasteiger partial charge in [-0.15, -0.1) is 4.91 Å². The molecule has 7 heteroatoms. The van der Waals surface area contributed by atoms with Gasteiger partial charge in [-0.3, -0.25) is 4.79 Å². The third kappa shape index (κ3) is 3.92. The smallest absolute Gasteiger partial charge is 0.339 e. The molecule has 0 aliphatic heterocycles. The summed E-state index contributed by atoms with van der Waals surface area (Å²) < 4.78 is 0. The lowest BCUT2D eigenvalue weighted by Crippen LogP contribution is -2.34. The molecule has 3 N–H and O–H groups in total. The Morgan fingerprint density at radius 3 is 2.20 bits per heavy atom. The minimum Gasteiger partial charge on any atom is -0.507 e. The van der Waals surface area contributed by atoms with Gasteiger partial charge in [0.2, 0.25) is 0 Å². The van der Waals surface area contributed by atoms with E-state index in [0.717, 1.165) is 24.5 Å². The van der Waals surface area contributed by atoms with Gasteiger partial charge in [0.05, 0.1) is 0 Å². The van der Waals surface area contributed by atoms with Crippen molar-refractivity contribution in [2.24, 2.45) is 5.18 Å². The summed E-state index contributed by atoms with van der Waals surface area (Å²) in [4.78, 5) is 35.3. The Morgan fingerprint density at radius 2 is 1.63 bits per heavy atom. The maximum atomic E-state index is 12.7. The molecular formula is C23H26N2O5. The topological polar surface area (TPSA) is 116 Å². The largest absolute Gasteiger partial charge is 0.507 e. The fraction of sp³-hybridized carbons (Fsp3) is 0.391. The summed E-state index contributed by atoms with van der Waals surface area (Å²) in [6.07, 6.45) is 2.05. The highest BCUT2D eigenvalue weighted by atomic mass is 16.4. The first kappa shape index (κ1) is 21.5. The highest BCUT2D eigenvalue weighted by Crippen LogP contribution is 2.46. The van der Waals surface area contributed by atoms with Crippen molar-refractivity contribution in [1.29, 1.82) is 0 Å². The van der Waals surface area contributed by atoms with Gasteiger partial charge >= 0.3 is 5.97 Å². The first-order chi connectivity index (χ1) is 14.0. The van der Waals surface area contributed by atoms with Crippen molar-refractivity contribution in [2.75, 3.05) is 5.32 Å². The molecule has 2 aromatic carbocycles. The number of amides is 1. The average molecular weight is 410 g/mol. The van der Waals surface area contributed by atoms with Crippen LogP contribution in [0.2, 0.25) is 0 Å². The number of carbonyl (C=O) groups is 2. The second-order valence-electron chi connectivity index (χ2n) is 9.11. The van der Waals surface area contributed by atoms with Crippen LogP contribution >= 0.6 is 0 Å². The van der Waals surface area contributed by atoms with Gasteiger partial charge < -0.3 is 15.5 Å². The van der Waals surface area contributed by atoms with Crippen LogP contribution in [0.4, 0.5) is 5.69 Å². The van der Waals surface area contributed by atoms with E-state index in [9.17, 15) is 19.6 Å². The Labute approximate surface area is 175 Å². The molecule has 0 saturated heterocycles. The Hall–Kier alpha value is -3.22. The number of aromatic hydroxyl groups is 1. The van der Waals surface area contributed by atoms with E-state index in [1.165, 1.54) is 17.7 Å². The van der Waals surface area contributed by atoms with Crippen molar-refractivity contribution < 1.29 is 19.8 Å². The molecule has 30 heavy (non-hydrogen) atoms. The molecular weight excluding hydrogens is 384 g/mol. The molecule has 0 spiro atoms. The molecule has 1 unspecified atom stereocenters. The van der Waals surface area contributed by atoms with Gasteiger partial charge in [-0.2, -0.15) is 0 Å². The molecule has 0 heterocycles. The Kier molecular flexibility index (Phi) is 5.41. The van der Waals surface area contributed by atoms with Gasteiger partial charge in [0, 0.05) is 11.8 Å². The number of carboxylic acids is 1. The first-order valence-corrected chi connectivity index (χ1v) is 9.81. The highest BCUT2D eigenvalue weighted by molar-refractivity contribution is 5.97. The molecule has 0 saturated carbocycles. The molecule has 0 aromatic heterocycles. The number of rotatable bonds is 5. The Balaban J connectivity index is 1.91. The lowest BCUT2D eigenvalue weighted by Gasteiger charge is -2.42. The zero-order valence-electron chi connectivity index (χ0n) is 17.5. The standard InChI is InChI=1S/C23H26N2O5/c1-22(2)9-10-23(3,4)17-11-13(5-8-16(17)22)19(25-30)20(27)24-14-6-7-15(21(28)29)18(26)12-14/h5-8,11-12,19,26H,9-10H2,1-4H3,(H,24,27)(H,28,29). The summed E-state index contributed by atoms with van der Waals surface area (Å²) in [5.41, 5.74) is 2.65. The van der Waals surface area contributed by atoms with Crippen LogP contribution in [0.15, 0.2) is 41.6 Å². The number of hydrogen-bond acceptors (Lipinski definition) is 5. The Bertz CT molecular complexity index is 1030. The van der Waals surface area contributed by atoms with Crippen molar-refractivity contribution in [3.05, 3.63) is 63.6 Å². The number of phenols is 1. The second kappa shape index (κ2) is 7.55. The van der Waals surface area contributed by atoms with E-state index in [1.807, 2.05) is 12.1 Å². The van der Waals surface area contributed by atoms with Crippen LogP contribution in [-0.2, 0) is 15.6 Å². The number of nitroso groups, excluding NO2 is 1. The minimum absolute atomic E-state index is 0.0131. The predicted octanol–water partition coefficient (Wildman–Crippen LogP) is 4.89. The van der Waals surface area contributed by atoms with E-state index in [2.05, 4.69) is 38.2 Å². The molecule has 158 valence electrons. The zero-order chi connectivity index (χ0) is 22.3. The number of carboxylic acid groups (broad SMARTS) is 1. The van der Waals surface area contributed by atoms with E-state index in [4.69, 9.17) is 5.11 Å². The summed E-state index contributed by atoms with van der Waals surface area (Å²) in [6.45, 7) is 8.69. The Morgan fingerprint density at radius 1 is 1.00 bits per heavy atom. The maximum Gasteiger partial charge on any atom is 0.339 e. The minimum atomic E-state index is -1.28. The zero-order valence-corrected chi connectivity index (χ0v) is 17.5. The van der Waals surface area contributed by atoms with Crippen LogP contribution in [0, 0.1) is 4.91 Å². The monoisotopic (exact) mass is 410 g/mol. The molecule has 7 nitrogen and oxygen atoms in total. The molecule has 1 amide bonds. The van der Waals surface area contributed by atoms with Crippen LogP contribution in [0.3, 0.4) is 0 Å². The number of carbonyl (C=O) groups excluding carboxylic acids is 1. The first-order valence-electron chi connectivity index (χ1n) is 9.81. The highest BCUT2D eigenvalue weighted by Gasteiger charge is 2.37. The van der Waals surface area contributed by atoms with Gasteiger partial charge in [0.1, 0.15) is 11.3 Å². The van der Waals surface area contributed by atoms with E-state index in [1.54, 1.807) is 6.07 Å². The maximum absolute atomic E-state index is 12.7. The molecule has 0 fully saturated rings. The number of benzene rings is 2. The van der Waals surface area contributed by atoms with Crippen molar-refractivity contribution in [3.63, 3.8) is 0 Å². The second-order valence-corrected chi connectivity index (χ2v) is 9.11. The van der Waals surface area contributed by atoms with Crippen LogP contribution in [0.1, 0.15) is 73.6 Å². The van der Waals surface area contributed by atoms with E-state index < -0.39 is 23.7 Å². The molecule has 3 rings (SSSR count). The fourth-order valence-electron chi connectivity index (χ4n) is 4.04. The summed E-state index contributed by atoms with van der Waals surface area (Å²) in [6, 6.07) is 8.02. The number of fused-ring (bicyclic) bond motifs is 1. The van der Waals surface area contributed by atoms with Crippen molar-refractivity contribution in [3.8, 4) is 5.75 Å². The van der Waals surface area contributed by atoms with E-state index in [-0.39, 0.29) is 22.1 Å². The summed E-state index contributed by atoms with van der Waals surface area (Å²) in [5, 5.41) is 24.4. The number of nitrogens with zero attached hydrogens (tertiary/aromatic N) is 1. The van der Waals surface area contributed by atoms with Crippen molar-refractivity contribution >= 4 is 17.6 Å². The van der Waals surface area contributed by atoms with Crippen LogP contribution < -0.4 is 5.32 Å². The fourth-order valence-corrected chi connectivity index (χ4v) is 4.04. The summed E-state index contributed by atoms with van der Waals surface area (Å²) in [7, 11) is 0. The van der Waals surface area contributed by atoms with Gasteiger partial charge in [0.25, 0.3) is 5.91 Å². The molecule has 2 aromatic rings. The van der Waals surface area contributed by atoms with Gasteiger partial charge in [-0.05, 0) is 52.5 Å². The van der Waals surface area contributed by atoms with Crippen LogP contribution in [0.5, 0.6) is 5.75 Å². The lowest BCUT2D eigenvalue weighted by molar-refractivity contribution is -0.117. The van der Waals surface area contributed by atoms with Crippen LogP contribution in [-0.4, -0.2) is 22.1 Å².